The van der Waals surface area contributed by atoms with Crippen LogP contribution in [0.3, 0.4) is 0 Å². The van der Waals surface area contributed by atoms with Gasteiger partial charge in [-0.15, -0.1) is 11.8 Å². The average Bonchev–Trinajstić information content (AvgIpc) is 2.73. The molecule has 5 nitrogen and oxygen atoms in total. The number of anilines is 1. The van der Waals surface area contributed by atoms with E-state index in [2.05, 4.69) is 15.2 Å². The highest BCUT2D eigenvalue weighted by atomic mass is 35.5. The number of carbonyl (C=O) groups is 1. The second kappa shape index (κ2) is 9.57. The van der Waals surface area contributed by atoms with Gasteiger partial charge >= 0.3 is 0 Å². The van der Waals surface area contributed by atoms with Crippen LogP contribution in [0.4, 0.5) is 5.69 Å². The lowest BCUT2D eigenvalue weighted by Gasteiger charge is -2.27. The van der Waals surface area contributed by atoms with Crippen LogP contribution >= 0.6 is 35.0 Å². The minimum atomic E-state index is -0.666. The Labute approximate surface area is 189 Å². The Morgan fingerprint density at radius 3 is 2.63 bits per heavy atom. The second-order valence-electron chi connectivity index (χ2n) is 6.53. The first-order chi connectivity index (χ1) is 14.4. The maximum atomic E-state index is 13.4. The number of rotatable bonds is 4. The van der Waals surface area contributed by atoms with E-state index in [4.69, 9.17) is 34.5 Å². The SMILES string of the molecule is [C-]#[N+]C1C(SC)=NC(C)=C(C(=O)Nc2ccccc2OC)C1c1ccc(Cl)cc1Cl. The van der Waals surface area contributed by atoms with E-state index in [-0.39, 0.29) is 5.91 Å². The van der Waals surface area contributed by atoms with Crippen LogP contribution in [0.5, 0.6) is 5.75 Å². The van der Waals surface area contributed by atoms with Crippen molar-refractivity contribution < 1.29 is 9.53 Å². The monoisotopic (exact) mass is 459 g/mol. The molecule has 2 aromatic carbocycles. The van der Waals surface area contributed by atoms with E-state index in [1.165, 1.54) is 18.9 Å². The minimum Gasteiger partial charge on any atom is -0.495 e. The second-order valence-corrected chi connectivity index (χ2v) is 8.20. The number of benzene rings is 2. The number of halogens is 2. The van der Waals surface area contributed by atoms with Crippen molar-refractivity contribution in [1.82, 2.24) is 0 Å². The molecule has 0 spiro atoms. The van der Waals surface area contributed by atoms with E-state index >= 15 is 0 Å². The molecule has 0 aromatic heterocycles. The van der Waals surface area contributed by atoms with Gasteiger partial charge < -0.3 is 14.9 Å². The van der Waals surface area contributed by atoms with Gasteiger partial charge in [-0.3, -0.25) is 4.79 Å². The first-order valence-electron chi connectivity index (χ1n) is 9.00. The summed E-state index contributed by atoms with van der Waals surface area (Å²) in [7, 11) is 1.54. The lowest BCUT2D eigenvalue weighted by molar-refractivity contribution is -0.113. The molecule has 1 heterocycles. The fourth-order valence-electron chi connectivity index (χ4n) is 3.44. The third kappa shape index (κ3) is 4.34. The zero-order chi connectivity index (χ0) is 21.8. The highest BCUT2D eigenvalue weighted by molar-refractivity contribution is 8.13. The molecule has 3 rings (SSSR count). The standard InChI is InChI=1S/C22H19Cl2N3O2S/c1-12-18(21(28)27-16-7-5-6-8-17(16)29-3)19(20(25-2)22(26-12)30-4)14-10-9-13(23)11-15(14)24/h5-11,19-20H,1,3-4H3,(H,27,28). The molecule has 0 bridgehead atoms. The van der Waals surface area contributed by atoms with E-state index in [0.717, 1.165) is 0 Å². The number of nitrogens with zero attached hydrogens (tertiary/aromatic N) is 2. The van der Waals surface area contributed by atoms with Gasteiger partial charge in [-0.25, -0.2) is 11.6 Å². The molecule has 1 amide bonds. The molecule has 1 aliphatic heterocycles. The molecule has 0 radical (unpaired) electrons. The quantitative estimate of drug-likeness (QED) is 0.565. The molecule has 1 aliphatic rings. The summed E-state index contributed by atoms with van der Waals surface area (Å²) in [5.41, 5.74) is 2.13. The van der Waals surface area contributed by atoms with Gasteiger partial charge in [-0.05, 0) is 43.0 Å². The molecule has 2 atom stereocenters. The van der Waals surface area contributed by atoms with Crippen LogP contribution in [0.15, 0.2) is 58.7 Å². The number of amides is 1. The van der Waals surface area contributed by atoms with Gasteiger partial charge in [0.2, 0.25) is 0 Å². The molecule has 0 saturated heterocycles. The average molecular weight is 460 g/mol. The number of hydrogen-bond donors (Lipinski definition) is 1. The molecule has 0 saturated carbocycles. The van der Waals surface area contributed by atoms with Gasteiger partial charge in [0.1, 0.15) is 5.75 Å². The zero-order valence-corrected chi connectivity index (χ0v) is 18.9. The molecular formula is C22H19Cl2N3O2S. The number of carbonyl (C=O) groups excluding carboxylic acids is 1. The maximum Gasteiger partial charge on any atom is 0.282 e. The predicted octanol–water partition coefficient (Wildman–Crippen LogP) is 6.06. The molecule has 8 heteroatoms. The third-order valence-electron chi connectivity index (χ3n) is 4.79. The summed E-state index contributed by atoms with van der Waals surface area (Å²) in [6.07, 6.45) is 1.87. The summed E-state index contributed by atoms with van der Waals surface area (Å²) in [6, 6.07) is 11.6. The van der Waals surface area contributed by atoms with Crippen LogP contribution in [-0.4, -0.2) is 30.4 Å². The first-order valence-corrected chi connectivity index (χ1v) is 11.0. The normalized spacial score (nSPS) is 18.5. The molecule has 1 N–H and O–H groups in total. The topological polar surface area (TPSA) is 55.0 Å². The maximum absolute atomic E-state index is 13.4. The van der Waals surface area contributed by atoms with E-state index < -0.39 is 12.0 Å². The number of nitrogens with one attached hydrogen (secondary N) is 1. The van der Waals surface area contributed by atoms with E-state index in [0.29, 0.717) is 43.4 Å². The third-order valence-corrected chi connectivity index (χ3v) is 6.11. The lowest BCUT2D eigenvalue weighted by Crippen LogP contribution is -2.34. The first kappa shape index (κ1) is 22.2. The van der Waals surface area contributed by atoms with Crippen LogP contribution in [0.1, 0.15) is 18.4 Å². The van der Waals surface area contributed by atoms with Crippen LogP contribution in [0.25, 0.3) is 4.85 Å². The molecule has 0 fully saturated rings. The van der Waals surface area contributed by atoms with Crippen molar-refractivity contribution in [1.29, 1.82) is 0 Å². The van der Waals surface area contributed by atoms with E-state index in [9.17, 15) is 4.79 Å². The van der Waals surface area contributed by atoms with Gasteiger partial charge in [0, 0.05) is 15.7 Å². The van der Waals surface area contributed by atoms with Gasteiger partial charge in [0.05, 0.1) is 24.3 Å². The number of hydrogen-bond acceptors (Lipinski definition) is 4. The van der Waals surface area contributed by atoms with Gasteiger partial charge in [-0.1, -0.05) is 41.4 Å². The molecule has 154 valence electrons. The van der Waals surface area contributed by atoms with Crippen molar-refractivity contribution in [3.8, 4) is 5.75 Å². The Bertz CT molecular complexity index is 1090. The van der Waals surface area contributed by atoms with Crippen molar-refractivity contribution in [2.24, 2.45) is 4.99 Å². The number of ether oxygens (including phenoxy) is 1. The minimum absolute atomic E-state index is 0.356. The fourth-order valence-corrected chi connectivity index (χ4v) is 4.62. The Balaban J connectivity index is 2.13. The Hall–Kier alpha value is -2.46. The number of methoxy groups -OCH3 is 1. The van der Waals surface area contributed by atoms with Crippen LogP contribution in [0, 0.1) is 6.57 Å². The number of allylic oxidation sites excluding steroid dienone is 1. The highest BCUT2D eigenvalue weighted by Gasteiger charge is 2.43. The Morgan fingerprint density at radius 1 is 1.27 bits per heavy atom. The summed E-state index contributed by atoms with van der Waals surface area (Å²) in [6.45, 7) is 9.56. The van der Waals surface area contributed by atoms with E-state index in [1.807, 2.05) is 12.3 Å². The summed E-state index contributed by atoms with van der Waals surface area (Å²) in [5, 5.41) is 4.43. The van der Waals surface area contributed by atoms with Crippen LogP contribution < -0.4 is 10.1 Å². The summed E-state index contributed by atoms with van der Waals surface area (Å²) >= 11 is 14.0. The molecule has 0 aliphatic carbocycles. The number of aliphatic imine (C=N–C) groups is 1. The molecular weight excluding hydrogens is 441 g/mol. The van der Waals surface area contributed by atoms with Gasteiger partial charge in [0.15, 0.2) is 5.04 Å². The van der Waals surface area contributed by atoms with Crippen molar-refractivity contribution in [3.05, 3.63) is 80.8 Å². The lowest BCUT2D eigenvalue weighted by atomic mass is 9.82. The van der Waals surface area contributed by atoms with Crippen LogP contribution in [-0.2, 0) is 4.79 Å². The Kier molecular flexibility index (Phi) is 7.09. The van der Waals surface area contributed by atoms with Crippen LogP contribution in [0.2, 0.25) is 10.0 Å². The largest absolute Gasteiger partial charge is 0.495 e. The number of thioether (sulfide) groups is 1. The van der Waals surface area contributed by atoms with Crippen molar-refractivity contribution in [3.63, 3.8) is 0 Å². The van der Waals surface area contributed by atoms with Crippen molar-refractivity contribution in [2.75, 3.05) is 18.7 Å². The molecule has 2 aromatic rings. The summed E-state index contributed by atoms with van der Waals surface area (Å²) < 4.78 is 5.33. The molecule has 2 unspecified atom stereocenters. The van der Waals surface area contributed by atoms with Gasteiger partial charge in [-0.2, -0.15) is 0 Å². The van der Waals surface area contributed by atoms with E-state index in [1.54, 1.807) is 43.3 Å². The summed E-state index contributed by atoms with van der Waals surface area (Å²) in [4.78, 5) is 21.7. The van der Waals surface area contributed by atoms with Crippen molar-refractivity contribution >= 4 is 51.6 Å². The zero-order valence-electron chi connectivity index (χ0n) is 16.6. The Morgan fingerprint density at radius 2 is 2.00 bits per heavy atom. The predicted molar refractivity (Wildman–Crippen MR) is 125 cm³/mol. The fraction of sp³-hybridized carbons (Fsp3) is 0.227. The van der Waals surface area contributed by atoms with Crippen molar-refractivity contribution in [2.45, 2.75) is 18.9 Å². The van der Waals surface area contributed by atoms with Gasteiger partial charge in [0.25, 0.3) is 11.9 Å². The summed E-state index contributed by atoms with van der Waals surface area (Å²) in [5.74, 6) is -0.400. The smallest absolute Gasteiger partial charge is 0.282 e. The number of para-hydroxylation sites is 2. The highest BCUT2D eigenvalue weighted by Crippen LogP contribution is 2.42. The molecule has 30 heavy (non-hydrogen) atoms.